The Morgan fingerprint density at radius 1 is 1.33 bits per heavy atom. The van der Waals surface area contributed by atoms with Crippen molar-refractivity contribution in [2.45, 2.75) is 5.41 Å². The van der Waals surface area contributed by atoms with Gasteiger partial charge < -0.3 is 15.1 Å². The summed E-state index contributed by atoms with van der Waals surface area (Å²) in [5.74, 6) is -3.97. The third-order valence-corrected chi connectivity index (χ3v) is 3.57. The number of rotatable bonds is 2. The van der Waals surface area contributed by atoms with Crippen LogP contribution in [0.1, 0.15) is 5.56 Å². The van der Waals surface area contributed by atoms with Crippen LogP contribution in [-0.2, 0) is 15.0 Å². The summed E-state index contributed by atoms with van der Waals surface area (Å²) in [5, 5.41) is 18.5. The summed E-state index contributed by atoms with van der Waals surface area (Å²) in [6.07, 6.45) is 0. The number of carboxylic acids is 2. The Bertz CT molecular complexity index is 572. The SMILES string of the molecule is CN1C(=S)C(C(=O)O)(C(=O)O)c2cc(F)ccc21. The van der Waals surface area contributed by atoms with E-state index in [1.807, 2.05) is 0 Å². The Labute approximate surface area is 106 Å². The highest BCUT2D eigenvalue weighted by molar-refractivity contribution is 7.81. The monoisotopic (exact) mass is 269 g/mol. The van der Waals surface area contributed by atoms with Gasteiger partial charge >= 0.3 is 11.9 Å². The van der Waals surface area contributed by atoms with Gasteiger partial charge in [-0.15, -0.1) is 0 Å². The van der Waals surface area contributed by atoms with Crippen LogP contribution in [0, 0.1) is 5.82 Å². The van der Waals surface area contributed by atoms with E-state index in [9.17, 15) is 24.2 Å². The van der Waals surface area contributed by atoms with Gasteiger partial charge in [0, 0.05) is 18.3 Å². The first-order valence-corrected chi connectivity index (χ1v) is 5.29. The Balaban J connectivity index is 2.85. The second-order valence-electron chi connectivity index (χ2n) is 3.89. The van der Waals surface area contributed by atoms with Crippen LogP contribution in [0.15, 0.2) is 18.2 Å². The molecule has 1 heterocycles. The zero-order valence-corrected chi connectivity index (χ0v) is 9.99. The Hall–Kier alpha value is -2.02. The molecule has 1 aromatic rings. The van der Waals surface area contributed by atoms with Crippen LogP contribution in [0.5, 0.6) is 0 Å². The number of likely N-dealkylation sites (N-methyl/N-ethyl adjacent to an activating group) is 1. The average molecular weight is 269 g/mol. The summed E-state index contributed by atoms with van der Waals surface area (Å²) in [6, 6.07) is 3.33. The fourth-order valence-electron chi connectivity index (χ4n) is 2.08. The third kappa shape index (κ3) is 1.28. The van der Waals surface area contributed by atoms with Gasteiger partial charge in [0.1, 0.15) is 10.8 Å². The molecule has 5 nitrogen and oxygen atoms in total. The molecular weight excluding hydrogens is 261 g/mol. The zero-order valence-electron chi connectivity index (χ0n) is 9.18. The van der Waals surface area contributed by atoms with Gasteiger partial charge in [0.15, 0.2) is 0 Å². The van der Waals surface area contributed by atoms with Crippen molar-refractivity contribution in [1.29, 1.82) is 0 Å². The van der Waals surface area contributed by atoms with Crippen LogP contribution < -0.4 is 4.90 Å². The third-order valence-electron chi connectivity index (χ3n) is 2.99. The quantitative estimate of drug-likeness (QED) is 0.616. The van der Waals surface area contributed by atoms with E-state index in [2.05, 4.69) is 0 Å². The molecule has 0 bridgehead atoms. The summed E-state index contributed by atoms with van der Waals surface area (Å²) in [7, 11) is 1.45. The van der Waals surface area contributed by atoms with Gasteiger partial charge in [-0.1, -0.05) is 12.2 Å². The first-order chi connectivity index (χ1) is 8.33. The zero-order chi connectivity index (χ0) is 13.7. The molecule has 0 fully saturated rings. The molecule has 1 aliphatic rings. The molecule has 0 amide bonds. The molecule has 1 aromatic carbocycles. The van der Waals surface area contributed by atoms with Crippen LogP contribution in [-0.4, -0.2) is 34.2 Å². The molecule has 0 aliphatic carbocycles. The van der Waals surface area contributed by atoms with Gasteiger partial charge in [-0.25, -0.2) is 4.39 Å². The van der Waals surface area contributed by atoms with Crippen LogP contribution in [0.4, 0.5) is 10.1 Å². The van der Waals surface area contributed by atoms with Crippen molar-refractivity contribution < 1.29 is 24.2 Å². The lowest BCUT2D eigenvalue weighted by atomic mass is 9.82. The summed E-state index contributed by atoms with van der Waals surface area (Å²) in [4.78, 5) is 23.7. The smallest absolute Gasteiger partial charge is 0.332 e. The van der Waals surface area contributed by atoms with Gasteiger partial charge in [-0.3, -0.25) is 9.59 Å². The summed E-state index contributed by atoms with van der Waals surface area (Å²) in [6.45, 7) is 0. The molecule has 7 heteroatoms. The van der Waals surface area contributed by atoms with Gasteiger partial charge in [0.05, 0.1) is 0 Å². The Morgan fingerprint density at radius 3 is 2.39 bits per heavy atom. The van der Waals surface area contributed by atoms with E-state index < -0.39 is 23.2 Å². The molecule has 0 saturated heterocycles. The minimum absolute atomic E-state index is 0.157. The summed E-state index contributed by atoms with van der Waals surface area (Å²) >= 11 is 4.92. The molecule has 1 aliphatic heterocycles. The number of carboxylic acid groups (broad SMARTS) is 2. The minimum atomic E-state index is -2.40. The number of anilines is 1. The van der Waals surface area contributed by atoms with Crippen molar-refractivity contribution in [2.24, 2.45) is 0 Å². The highest BCUT2D eigenvalue weighted by Gasteiger charge is 2.59. The lowest BCUT2D eigenvalue weighted by Crippen LogP contribution is -2.50. The number of hydrogen-bond donors (Lipinski definition) is 2. The topological polar surface area (TPSA) is 77.8 Å². The molecule has 2 rings (SSSR count). The van der Waals surface area contributed by atoms with Crippen LogP contribution >= 0.6 is 12.2 Å². The maximum absolute atomic E-state index is 13.2. The predicted octanol–water partition coefficient (Wildman–Crippen LogP) is 1.01. The van der Waals surface area contributed by atoms with E-state index >= 15 is 0 Å². The molecular formula is C11H8FNO4S. The number of nitrogens with zero attached hydrogens (tertiary/aromatic N) is 1. The van der Waals surface area contributed by atoms with Gasteiger partial charge in [0.2, 0.25) is 5.41 Å². The number of carbonyl (C=O) groups is 2. The van der Waals surface area contributed by atoms with E-state index in [0.29, 0.717) is 0 Å². The molecule has 0 atom stereocenters. The fraction of sp³-hybridized carbons (Fsp3) is 0.182. The van der Waals surface area contributed by atoms with E-state index in [1.54, 1.807) is 0 Å². The van der Waals surface area contributed by atoms with Crippen molar-refractivity contribution in [2.75, 3.05) is 11.9 Å². The lowest BCUT2D eigenvalue weighted by Gasteiger charge is -2.20. The summed E-state index contributed by atoms with van der Waals surface area (Å²) in [5.41, 5.74) is -2.28. The fourth-order valence-corrected chi connectivity index (χ4v) is 2.47. The maximum Gasteiger partial charge on any atom is 0.332 e. The predicted molar refractivity (Wildman–Crippen MR) is 64.4 cm³/mol. The lowest BCUT2D eigenvalue weighted by molar-refractivity contribution is -0.153. The van der Waals surface area contributed by atoms with Crippen molar-refractivity contribution >= 4 is 34.8 Å². The highest BCUT2D eigenvalue weighted by Crippen LogP contribution is 2.42. The van der Waals surface area contributed by atoms with Crippen molar-refractivity contribution in [3.05, 3.63) is 29.6 Å². The molecule has 18 heavy (non-hydrogen) atoms. The average Bonchev–Trinajstić information content (AvgIpc) is 2.49. The first kappa shape index (κ1) is 12.4. The van der Waals surface area contributed by atoms with Gasteiger partial charge in [0.25, 0.3) is 0 Å². The second kappa shape index (κ2) is 3.74. The van der Waals surface area contributed by atoms with Gasteiger partial charge in [-0.2, -0.15) is 0 Å². The molecule has 0 unspecified atom stereocenters. The number of halogens is 1. The molecule has 94 valence electrons. The normalized spacial score (nSPS) is 16.6. The molecule has 0 aromatic heterocycles. The summed E-state index contributed by atoms with van der Waals surface area (Å²) < 4.78 is 13.2. The van der Waals surface area contributed by atoms with E-state index in [1.165, 1.54) is 18.0 Å². The first-order valence-electron chi connectivity index (χ1n) is 4.88. The van der Waals surface area contributed by atoms with E-state index in [4.69, 9.17) is 12.2 Å². The van der Waals surface area contributed by atoms with E-state index in [0.717, 1.165) is 12.1 Å². The second-order valence-corrected chi connectivity index (χ2v) is 4.27. The Morgan fingerprint density at radius 2 is 1.89 bits per heavy atom. The van der Waals surface area contributed by atoms with Crippen molar-refractivity contribution in [3.63, 3.8) is 0 Å². The number of fused-ring (bicyclic) bond motifs is 1. The van der Waals surface area contributed by atoms with Crippen LogP contribution in [0.3, 0.4) is 0 Å². The molecule has 0 spiro atoms. The van der Waals surface area contributed by atoms with Crippen LogP contribution in [0.2, 0.25) is 0 Å². The standard InChI is InChI=1S/C11H8FNO4S/c1-13-7-3-2-5(12)4-6(7)11(8(13)18,9(14)15)10(16)17/h2-4H,1H3,(H,14,15)(H,16,17). The van der Waals surface area contributed by atoms with E-state index in [-0.39, 0.29) is 16.2 Å². The minimum Gasteiger partial charge on any atom is -0.480 e. The van der Waals surface area contributed by atoms with Gasteiger partial charge in [-0.05, 0) is 18.2 Å². The highest BCUT2D eigenvalue weighted by atomic mass is 32.1. The largest absolute Gasteiger partial charge is 0.480 e. The molecule has 2 N–H and O–H groups in total. The molecule has 0 radical (unpaired) electrons. The number of hydrogen-bond acceptors (Lipinski definition) is 3. The Kier molecular flexibility index (Phi) is 2.58. The number of aliphatic carboxylic acids is 2. The number of benzene rings is 1. The van der Waals surface area contributed by atoms with Crippen molar-refractivity contribution in [1.82, 2.24) is 0 Å². The maximum atomic E-state index is 13.2. The number of thiocarbonyl (C=S) groups is 1. The van der Waals surface area contributed by atoms with Crippen LogP contribution in [0.25, 0.3) is 0 Å². The molecule has 0 saturated carbocycles. The van der Waals surface area contributed by atoms with Crippen molar-refractivity contribution in [3.8, 4) is 0 Å².